The molecule has 0 unspecified atom stereocenters. The lowest BCUT2D eigenvalue weighted by molar-refractivity contribution is 0.128. The molecule has 1 aromatic rings. The van der Waals surface area contributed by atoms with Gasteiger partial charge in [0.25, 0.3) is 0 Å². The van der Waals surface area contributed by atoms with E-state index in [0.717, 1.165) is 0 Å². The SMILES string of the molecule is COc1cc([C@H](N)CC(F)F)c(Br)c(Br)c1O. The molecule has 1 rings (SSSR count). The molecular weight excluding hydrogens is 364 g/mol. The Morgan fingerprint density at radius 1 is 1.41 bits per heavy atom. The first kappa shape index (κ1) is 14.7. The molecule has 0 bridgehead atoms. The molecule has 1 aromatic carbocycles. The molecule has 1 atom stereocenters. The fourth-order valence-corrected chi connectivity index (χ4v) is 2.38. The summed E-state index contributed by atoms with van der Waals surface area (Å²) in [5, 5.41) is 9.68. The van der Waals surface area contributed by atoms with E-state index in [0.29, 0.717) is 14.5 Å². The van der Waals surface area contributed by atoms with E-state index in [4.69, 9.17) is 10.5 Å². The second-order valence-corrected chi connectivity index (χ2v) is 4.96. The Hall–Kier alpha value is -0.400. The third-order valence-corrected chi connectivity index (χ3v) is 4.38. The lowest BCUT2D eigenvalue weighted by Crippen LogP contribution is -2.15. The quantitative estimate of drug-likeness (QED) is 0.846. The summed E-state index contributed by atoms with van der Waals surface area (Å²) in [4.78, 5) is 0. The Labute approximate surface area is 114 Å². The van der Waals surface area contributed by atoms with Crippen molar-refractivity contribution in [1.82, 2.24) is 0 Å². The van der Waals surface area contributed by atoms with Gasteiger partial charge in [-0.15, -0.1) is 0 Å². The predicted octanol–water partition coefficient (Wildman–Crippen LogP) is 3.58. The average Bonchev–Trinajstić information content (AvgIpc) is 2.25. The predicted molar refractivity (Wildman–Crippen MR) is 67.6 cm³/mol. The Morgan fingerprint density at radius 3 is 2.47 bits per heavy atom. The van der Waals surface area contributed by atoms with E-state index in [1.54, 1.807) is 0 Å². The zero-order valence-corrected chi connectivity index (χ0v) is 12.1. The number of alkyl halides is 2. The minimum Gasteiger partial charge on any atom is -0.503 e. The molecule has 0 aliphatic heterocycles. The molecule has 0 heterocycles. The largest absolute Gasteiger partial charge is 0.503 e. The topological polar surface area (TPSA) is 55.5 Å². The van der Waals surface area contributed by atoms with Gasteiger partial charge < -0.3 is 15.6 Å². The summed E-state index contributed by atoms with van der Waals surface area (Å²) in [7, 11) is 1.37. The van der Waals surface area contributed by atoms with Crippen molar-refractivity contribution in [3.8, 4) is 11.5 Å². The number of halogens is 4. The van der Waals surface area contributed by atoms with Crippen molar-refractivity contribution in [2.45, 2.75) is 18.9 Å². The third-order valence-electron chi connectivity index (χ3n) is 2.23. The molecule has 0 fully saturated rings. The van der Waals surface area contributed by atoms with Gasteiger partial charge in [0, 0.05) is 16.9 Å². The maximum atomic E-state index is 12.3. The summed E-state index contributed by atoms with van der Waals surface area (Å²) in [5.74, 6) is 0.0761. The number of methoxy groups -OCH3 is 1. The Bertz CT molecular complexity index is 416. The number of hydrogen-bond acceptors (Lipinski definition) is 3. The third kappa shape index (κ3) is 3.29. The van der Waals surface area contributed by atoms with E-state index in [9.17, 15) is 13.9 Å². The van der Waals surface area contributed by atoms with E-state index >= 15 is 0 Å². The van der Waals surface area contributed by atoms with Crippen molar-refractivity contribution < 1.29 is 18.6 Å². The van der Waals surface area contributed by atoms with Gasteiger partial charge in [0.2, 0.25) is 6.43 Å². The van der Waals surface area contributed by atoms with Crippen LogP contribution in [0.3, 0.4) is 0 Å². The van der Waals surface area contributed by atoms with Gasteiger partial charge in [-0.05, 0) is 43.5 Å². The highest BCUT2D eigenvalue weighted by Gasteiger charge is 2.21. The van der Waals surface area contributed by atoms with E-state index in [2.05, 4.69) is 31.9 Å². The lowest BCUT2D eigenvalue weighted by Gasteiger charge is -2.17. The number of benzene rings is 1. The molecule has 3 N–H and O–H groups in total. The van der Waals surface area contributed by atoms with Crippen LogP contribution >= 0.6 is 31.9 Å². The summed E-state index contributed by atoms with van der Waals surface area (Å²) >= 11 is 6.33. The van der Waals surface area contributed by atoms with E-state index in [1.165, 1.54) is 13.2 Å². The van der Waals surface area contributed by atoms with Crippen molar-refractivity contribution in [1.29, 1.82) is 0 Å². The molecule has 0 aliphatic rings. The minimum absolute atomic E-state index is 0.104. The molecule has 96 valence electrons. The summed E-state index contributed by atoms with van der Waals surface area (Å²) < 4.78 is 30.3. The fourth-order valence-electron chi connectivity index (χ4n) is 1.36. The first-order valence-electron chi connectivity index (χ1n) is 4.67. The van der Waals surface area contributed by atoms with Crippen LogP contribution in [0.1, 0.15) is 18.0 Å². The summed E-state index contributed by atoms with van der Waals surface area (Å²) in [6.07, 6.45) is -2.95. The van der Waals surface area contributed by atoms with Gasteiger partial charge in [0.05, 0.1) is 11.6 Å². The maximum Gasteiger partial charge on any atom is 0.240 e. The molecule has 3 nitrogen and oxygen atoms in total. The first-order chi connectivity index (χ1) is 7.88. The second-order valence-electron chi connectivity index (χ2n) is 3.38. The number of phenols is 1. The summed E-state index contributed by atoms with van der Waals surface area (Å²) in [6.45, 7) is 0. The molecule has 17 heavy (non-hydrogen) atoms. The Kier molecular flexibility index (Phi) is 5.15. The molecule has 0 aliphatic carbocycles. The van der Waals surface area contributed by atoms with Gasteiger partial charge in [-0.1, -0.05) is 0 Å². The maximum absolute atomic E-state index is 12.3. The zero-order chi connectivity index (χ0) is 13.2. The van der Waals surface area contributed by atoms with Gasteiger partial charge >= 0.3 is 0 Å². The minimum atomic E-state index is -2.49. The number of phenolic OH excluding ortho intramolecular Hbond substituents is 1. The van der Waals surface area contributed by atoms with Crippen molar-refractivity contribution in [3.63, 3.8) is 0 Å². The van der Waals surface area contributed by atoms with Crippen LogP contribution in [-0.4, -0.2) is 18.6 Å². The normalized spacial score (nSPS) is 12.9. The van der Waals surface area contributed by atoms with Crippen LogP contribution in [0.5, 0.6) is 11.5 Å². The molecular formula is C10H11Br2F2NO2. The smallest absolute Gasteiger partial charge is 0.240 e. The van der Waals surface area contributed by atoms with Crippen LogP contribution in [0.25, 0.3) is 0 Å². The highest BCUT2D eigenvalue weighted by atomic mass is 79.9. The first-order valence-corrected chi connectivity index (χ1v) is 6.25. The number of hydrogen-bond donors (Lipinski definition) is 2. The van der Waals surface area contributed by atoms with Crippen LogP contribution in [0.2, 0.25) is 0 Å². The van der Waals surface area contributed by atoms with Crippen LogP contribution in [-0.2, 0) is 0 Å². The van der Waals surface area contributed by atoms with Crippen LogP contribution < -0.4 is 10.5 Å². The van der Waals surface area contributed by atoms with E-state index in [-0.39, 0.29) is 11.5 Å². The Morgan fingerprint density at radius 2 is 2.00 bits per heavy atom. The highest BCUT2D eigenvalue weighted by molar-refractivity contribution is 9.13. The zero-order valence-electron chi connectivity index (χ0n) is 8.88. The molecule has 0 spiro atoms. The number of ether oxygens (including phenoxy) is 1. The van der Waals surface area contributed by atoms with Crippen LogP contribution in [0.4, 0.5) is 8.78 Å². The fraction of sp³-hybridized carbons (Fsp3) is 0.400. The lowest BCUT2D eigenvalue weighted by atomic mass is 10.0. The molecule has 0 saturated carbocycles. The van der Waals surface area contributed by atoms with E-state index in [1.807, 2.05) is 0 Å². The molecule has 0 aromatic heterocycles. The number of nitrogens with two attached hydrogens (primary N) is 1. The second kappa shape index (κ2) is 5.97. The van der Waals surface area contributed by atoms with Gasteiger partial charge in [-0.2, -0.15) is 0 Å². The summed E-state index contributed by atoms with van der Waals surface area (Å²) in [5.41, 5.74) is 6.12. The van der Waals surface area contributed by atoms with Crippen molar-refractivity contribution >= 4 is 31.9 Å². The van der Waals surface area contributed by atoms with Crippen molar-refractivity contribution in [2.24, 2.45) is 5.73 Å². The average molecular weight is 375 g/mol. The molecule has 0 amide bonds. The van der Waals surface area contributed by atoms with Gasteiger partial charge in [0.1, 0.15) is 0 Å². The van der Waals surface area contributed by atoms with Gasteiger partial charge in [0.15, 0.2) is 11.5 Å². The molecule has 7 heteroatoms. The highest BCUT2D eigenvalue weighted by Crippen LogP contribution is 2.43. The van der Waals surface area contributed by atoms with Crippen molar-refractivity contribution in [2.75, 3.05) is 7.11 Å². The number of rotatable bonds is 4. The molecule has 0 saturated heterocycles. The molecule has 0 radical (unpaired) electrons. The van der Waals surface area contributed by atoms with Gasteiger partial charge in [-0.3, -0.25) is 0 Å². The van der Waals surface area contributed by atoms with Gasteiger partial charge in [-0.25, -0.2) is 8.78 Å². The van der Waals surface area contributed by atoms with E-state index < -0.39 is 18.9 Å². The van der Waals surface area contributed by atoms with Crippen LogP contribution in [0, 0.1) is 0 Å². The standard InChI is InChI=1S/C10H11Br2F2NO2/c1-17-6-2-4(5(15)3-7(13)14)8(11)9(12)10(6)16/h2,5,7,16H,3,15H2,1H3/t5-/m1/s1. The Balaban J connectivity index is 3.20. The van der Waals surface area contributed by atoms with Crippen molar-refractivity contribution in [3.05, 3.63) is 20.6 Å². The summed E-state index contributed by atoms with van der Waals surface area (Å²) in [6, 6.07) is 0.604. The van der Waals surface area contributed by atoms with Crippen LogP contribution in [0.15, 0.2) is 15.0 Å². The number of aromatic hydroxyl groups is 1. The monoisotopic (exact) mass is 373 g/mol.